The highest BCUT2D eigenvalue weighted by Gasteiger charge is 2.41. The molecule has 0 aromatic heterocycles. The van der Waals surface area contributed by atoms with Gasteiger partial charge in [-0.2, -0.15) is 0 Å². The van der Waals surface area contributed by atoms with Crippen LogP contribution in [0.15, 0.2) is 30.3 Å². The largest absolute Gasteiger partial charge is 0.444 e. The molecule has 0 unspecified atom stereocenters. The molecule has 4 nitrogen and oxygen atoms in total. The van der Waals surface area contributed by atoms with Gasteiger partial charge in [0.25, 0.3) is 0 Å². The monoisotopic (exact) mass is 330 g/mol. The van der Waals surface area contributed by atoms with E-state index in [9.17, 15) is 4.79 Å². The van der Waals surface area contributed by atoms with Crippen LogP contribution in [0.2, 0.25) is 0 Å². The summed E-state index contributed by atoms with van der Waals surface area (Å²) in [7, 11) is 0. The maximum absolute atomic E-state index is 12.1. The first-order valence-electron chi connectivity index (χ1n) is 9.16. The van der Waals surface area contributed by atoms with Gasteiger partial charge in [0.15, 0.2) is 0 Å². The fraction of sp³-hybridized carbons (Fsp3) is 0.650. The summed E-state index contributed by atoms with van der Waals surface area (Å²) in [5.74, 6) is 1.25. The third-order valence-electron chi connectivity index (χ3n) is 5.13. The van der Waals surface area contributed by atoms with Gasteiger partial charge < -0.3 is 10.1 Å². The average molecular weight is 330 g/mol. The number of amides is 1. The van der Waals surface area contributed by atoms with E-state index < -0.39 is 5.60 Å². The molecule has 1 saturated heterocycles. The Bertz CT molecular complexity index is 553. The van der Waals surface area contributed by atoms with Crippen molar-refractivity contribution in [2.24, 2.45) is 11.8 Å². The van der Waals surface area contributed by atoms with Gasteiger partial charge in [-0.25, -0.2) is 4.79 Å². The molecule has 3 rings (SSSR count). The highest BCUT2D eigenvalue weighted by Crippen LogP contribution is 2.37. The molecule has 1 N–H and O–H groups in total. The SMILES string of the molecule is CC(C)(C)OC(=O)N[C@H]1CCC[C@@H]2CN(Cc3ccccc3)C[C@H]21. The Hall–Kier alpha value is -1.55. The van der Waals surface area contributed by atoms with Crippen molar-refractivity contribution in [1.82, 2.24) is 10.2 Å². The van der Waals surface area contributed by atoms with Crippen LogP contribution in [0, 0.1) is 11.8 Å². The summed E-state index contributed by atoms with van der Waals surface area (Å²) in [5, 5.41) is 3.14. The van der Waals surface area contributed by atoms with Crippen LogP contribution >= 0.6 is 0 Å². The van der Waals surface area contributed by atoms with Crippen molar-refractivity contribution >= 4 is 6.09 Å². The molecule has 1 aromatic rings. The molecule has 1 aromatic carbocycles. The first-order chi connectivity index (χ1) is 11.4. The van der Waals surface area contributed by atoms with Crippen molar-refractivity contribution in [3.05, 3.63) is 35.9 Å². The van der Waals surface area contributed by atoms with Gasteiger partial charge in [0.05, 0.1) is 0 Å². The van der Waals surface area contributed by atoms with E-state index in [2.05, 4.69) is 40.5 Å². The lowest BCUT2D eigenvalue weighted by Crippen LogP contribution is -2.47. The minimum absolute atomic E-state index is 0.249. The second kappa shape index (κ2) is 7.14. The number of rotatable bonds is 3. The number of carbonyl (C=O) groups is 1. The Morgan fingerprint density at radius 1 is 1.21 bits per heavy atom. The van der Waals surface area contributed by atoms with Crippen LogP contribution in [-0.4, -0.2) is 35.7 Å². The summed E-state index contributed by atoms with van der Waals surface area (Å²) in [6, 6.07) is 10.9. The fourth-order valence-corrected chi connectivity index (χ4v) is 4.17. The Morgan fingerprint density at radius 3 is 2.67 bits per heavy atom. The maximum Gasteiger partial charge on any atom is 0.407 e. The normalized spacial score (nSPS) is 27.5. The fourth-order valence-electron chi connectivity index (χ4n) is 4.17. The molecule has 2 aliphatic rings. The number of alkyl carbamates (subject to hydrolysis) is 1. The summed E-state index contributed by atoms with van der Waals surface area (Å²) in [5.41, 5.74) is 0.931. The molecule has 132 valence electrons. The van der Waals surface area contributed by atoms with Gasteiger partial charge in [0, 0.05) is 25.7 Å². The third-order valence-corrected chi connectivity index (χ3v) is 5.13. The van der Waals surface area contributed by atoms with E-state index in [1.54, 1.807) is 0 Å². The lowest BCUT2D eigenvalue weighted by atomic mass is 9.78. The van der Waals surface area contributed by atoms with Crippen LogP contribution in [0.25, 0.3) is 0 Å². The first-order valence-corrected chi connectivity index (χ1v) is 9.16. The topological polar surface area (TPSA) is 41.6 Å². The number of hydrogen-bond donors (Lipinski definition) is 1. The zero-order valence-electron chi connectivity index (χ0n) is 15.1. The molecule has 0 spiro atoms. The predicted molar refractivity (Wildman–Crippen MR) is 95.7 cm³/mol. The molecule has 1 amide bonds. The lowest BCUT2D eigenvalue weighted by Gasteiger charge is -2.34. The van der Waals surface area contributed by atoms with E-state index in [1.807, 2.05) is 20.8 Å². The lowest BCUT2D eigenvalue weighted by molar-refractivity contribution is 0.0460. The number of ether oxygens (including phenoxy) is 1. The number of carbonyl (C=O) groups excluding carboxylic acids is 1. The number of benzene rings is 1. The van der Waals surface area contributed by atoms with Crippen LogP contribution in [0.5, 0.6) is 0 Å². The molecule has 1 aliphatic heterocycles. The Balaban J connectivity index is 1.58. The zero-order valence-corrected chi connectivity index (χ0v) is 15.1. The van der Waals surface area contributed by atoms with Gasteiger partial charge in [0.2, 0.25) is 0 Å². The molecule has 1 saturated carbocycles. The standard InChI is InChI=1S/C20H30N2O2/c1-20(2,3)24-19(23)21-18-11-7-10-16-13-22(14-17(16)18)12-15-8-5-4-6-9-15/h4-6,8-9,16-18H,7,10-14H2,1-3H3,(H,21,23)/t16-,17-,18+/m1/s1. The smallest absolute Gasteiger partial charge is 0.407 e. The molecule has 24 heavy (non-hydrogen) atoms. The number of nitrogens with zero attached hydrogens (tertiary/aromatic N) is 1. The van der Waals surface area contributed by atoms with Crippen molar-refractivity contribution in [2.75, 3.05) is 13.1 Å². The molecule has 4 heteroatoms. The van der Waals surface area contributed by atoms with Gasteiger partial charge in [-0.1, -0.05) is 36.8 Å². The Labute approximate surface area is 145 Å². The second-order valence-corrected chi connectivity index (χ2v) is 8.29. The van der Waals surface area contributed by atoms with E-state index in [1.165, 1.54) is 18.4 Å². The van der Waals surface area contributed by atoms with Gasteiger partial charge in [-0.3, -0.25) is 4.90 Å². The summed E-state index contributed by atoms with van der Waals surface area (Å²) in [6.45, 7) is 8.95. The number of likely N-dealkylation sites (tertiary alicyclic amines) is 1. The first kappa shape index (κ1) is 17.3. The van der Waals surface area contributed by atoms with Crippen LogP contribution in [0.1, 0.15) is 45.6 Å². The van der Waals surface area contributed by atoms with Crippen LogP contribution < -0.4 is 5.32 Å². The van der Waals surface area contributed by atoms with Crippen molar-refractivity contribution < 1.29 is 9.53 Å². The molecule has 1 aliphatic carbocycles. The van der Waals surface area contributed by atoms with Crippen molar-refractivity contribution in [1.29, 1.82) is 0 Å². The zero-order chi connectivity index (χ0) is 17.2. The van der Waals surface area contributed by atoms with E-state index >= 15 is 0 Å². The molecule has 0 radical (unpaired) electrons. The Morgan fingerprint density at radius 2 is 1.96 bits per heavy atom. The van der Waals surface area contributed by atoms with Crippen LogP contribution in [0.4, 0.5) is 4.79 Å². The van der Waals surface area contributed by atoms with Gasteiger partial charge in [-0.15, -0.1) is 0 Å². The Kier molecular flexibility index (Phi) is 5.14. The van der Waals surface area contributed by atoms with Crippen LogP contribution in [-0.2, 0) is 11.3 Å². The molecular weight excluding hydrogens is 300 g/mol. The summed E-state index contributed by atoms with van der Waals surface area (Å²) >= 11 is 0. The van der Waals surface area contributed by atoms with Gasteiger partial charge in [-0.05, 0) is 51.0 Å². The highest BCUT2D eigenvalue weighted by atomic mass is 16.6. The van der Waals surface area contributed by atoms with Gasteiger partial charge in [0.1, 0.15) is 5.60 Å². The molecular formula is C20H30N2O2. The van der Waals surface area contributed by atoms with Crippen molar-refractivity contribution in [3.63, 3.8) is 0 Å². The second-order valence-electron chi connectivity index (χ2n) is 8.29. The molecule has 0 bridgehead atoms. The third kappa shape index (κ3) is 4.50. The van der Waals surface area contributed by atoms with Gasteiger partial charge >= 0.3 is 6.09 Å². The predicted octanol–water partition coefficient (Wildman–Crippen LogP) is 3.81. The number of nitrogens with one attached hydrogen (secondary N) is 1. The number of hydrogen-bond acceptors (Lipinski definition) is 3. The van der Waals surface area contributed by atoms with Crippen LogP contribution in [0.3, 0.4) is 0 Å². The van der Waals surface area contributed by atoms with E-state index in [4.69, 9.17) is 4.74 Å². The minimum atomic E-state index is -0.437. The van der Waals surface area contributed by atoms with E-state index in [-0.39, 0.29) is 12.1 Å². The molecule has 2 fully saturated rings. The maximum atomic E-state index is 12.1. The van der Waals surface area contributed by atoms with E-state index in [0.717, 1.165) is 26.1 Å². The molecule has 1 heterocycles. The van der Waals surface area contributed by atoms with Crippen molar-refractivity contribution in [3.8, 4) is 0 Å². The summed E-state index contributed by atoms with van der Waals surface area (Å²) in [4.78, 5) is 14.7. The highest BCUT2D eigenvalue weighted by molar-refractivity contribution is 5.68. The number of fused-ring (bicyclic) bond motifs is 1. The quantitative estimate of drug-likeness (QED) is 0.916. The summed E-state index contributed by atoms with van der Waals surface area (Å²) in [6.07, 6.45) is 3.28. The molecule has 3 atom stereocenters. The van der Waals surface area contributed by atoms with Crippen molar-refractivity contribution in [2.45, 2.75) is 58.2 Å². The van der Waals surface area contributed by atoms with E-state index in [0.29, 0.717) is 11.8 Å². The average Bonchev–Trinajstić information content (AvgIpc) is 2.90. The minimum Gasteiger partial charge on any atom is -0.444 e. The summed E-state index contributed by atoms with van der Waals surface area (Å²) < 4.78 is 5.45.